The molecule has 0 radical (unpaired) electrons. The summed E-state index contributed by atoms with van der Waals surface area (Å²) in [6.45, 7) is 2.26. The van der Waals surface area contributed by atoms with Gasteiger partial charge in [-0.05, 0) is 47.6 Å². The number of thiophene rings is 1. The van der Waals surface area contributed by atoms with Gasteiger partial charge in [-0.1, -0.05) is 29.3 Å². The van der Waals surface area contributed by atoms with Gasteiger partial charge in [-0.3, -0.25) is 0 Å². The van der Waals surface area contributed by atoms with Crippen molar-refractivity contribution in [3.05, 3.63) is 22.4 Å². The molecule has 0 aliphatic rings. The van der Waals surface area contributed by atoms with Gasteiger partial charge in [0.1, 0.15) is 0 Å². The minimum Gasteiger partial charge on any atom is -0.152 e. The van der Waals surface area contributed by atoms with Gasteiger partial charge in [0.15, 0.2) is 0 Å². The molecular weight excluding hydrogens is 244 g/mol. The molecule has 0 nitrogen and oxygen atoms in total. The van der Waals surface area contributed by atoms with Crippen LogP contribution >= 0.6 is 27.3 Å². The first-order chi connectivity index (χ1) is 6.36. The van der Waals surface area contributed by atoms with Crippen LogP contribution in [0.25, 0.3) is 0 Å². The van der Waals surface area contributed by atoms with Crippen LogP contribution in [-0.4, -0.2) is 5.33 Å². The molecule has 1 atom stereocenters. The summed E-state index contributed by atoms with van der Waals surface area (Å²) in [5, 5.41) is 5.58. The zero-order chi connectivity index (χ0) is 9.52. The lowest BCUT2D eigenvalue weighted by molar-refractivity contribution is 0.497. The number of halogens is 1. The van der Waals surface area contributed by atoms with Crippen LogP contribution in [0.2, 0.25) is 0 Å². The number of alkyl halides is 1. The van der Waals surface area contributed by atoms with E-state index in [9.17, 15) is 0 Å². The van der Waals surface area contributed by atoms with Crippen molar-refractivity contribution in [1.29, 1.82) is 0 Å². The summed E-state index contributed by atoms with van der Waals surface area (Å²) in [5.74, 6) is 0.866. The van der Waals surface area contributed by atoms with E-state index >= 15 is 0 Å². The fraction of sp³-hybridized carbons (Fsp3) is 0.636. The van der Waals surface area contributed by atoms with E-state index in [1.54, 1.807) is 11.3 Å². The van der Waals surface area contributed by atoms with E-state index in [1.807, 2.05) is 0 Å². The van der Waals surface area contributed by atoms with Gasteiger partial charge in [-0.25, -0.2) is 0 Å². The molecule has 0 amide bonds. The van der Waals surface area contributed by atoms with Crippen molar-refractivity contribution in [1.82, 2.24) is 0 Å². The molecule has 2 heteroatoms. The molecule has 0 aliphatic carbocycles. The molecule has 74 valence electrons. The molecule has 0 fully saturated rings. The second-order valence-electron chi connectivity index (χ2n) is 3.48. The van der Waals surface area contributed by atoms with E-state index in [4.69, 9.17) is 0 Å². The summed E-state index contributed by atoms with van der Waals surface area (Å²) in [5.41, 5.74) is 1.51. The zero-order valence-corrected chi connectivity index (χ0v) is 10.5. The molecule has 1 aromatic heterocycles. The Balaban J connectivity index is 2.23. The van der Waals surface area contributed by atoms with Crippen LogP contribution in [-0.2, 0) is 6.42 Å². The van der Waals surface area contributed by atoms with Gasteiger partial charge in [0, 0.05) is 5.33 Å². The molecule has 1 rings (SSSR count). The molecule has 0 aliphatic heterocycles. The first-order valence-electron chi connectivity index (χ1n) is 4.93. The third-order valence-corrected chi connectivity index (χ3v) is 3.98. The molecule has 1 unspecified atom stereocenters. The molecule has 13 heavy (non-hydrogen) atoms. The number of hydrogen-bond acceptors (Lipinski definition) is 1. The fourth-order valence-electron chi connectivity index (χ4n) is 1.51. The lowest BCUT2D eigenvalue weighted by Gasteiger charge is -2.11. The van der Waals surface area contributed by atoms with Crippen molar-refractivity contribution >= 4 is 27.3 Å². The average molecular weight is 261 g/mol. The average Bonchev–Trinajstić information content (AvgIpc) is 2.64. The van der Waals surface area contributed by atoms with Gasteiger partial charge in [-0.15, -0.1) is 0 Å². The van der Waals surface area contributed by atoms with E-state index in [-0.39, 0.29) is 0 Å². The molecule has 0 saturated heterocycles. The number of rotatable bonds is 6. The SMILES string of the molecule is CCCC(CBr)CCc1ccsc1. The third kappa shape index (κ3) is 4.28. The second-order valence-corrected chi connectivity index (χ2v) is 4.91. The maximum atomic E-state index is 3.58. The molecule has 0 saturated carbocycles. The highest BCUT2D eigenvalue weighted by molar-refractivity contribution is 9.09. The van der Waals surface area contributed by atoms with E-state index in [1.165, 1.54) is 31.2 Å². The van der Waals surface area contributed by atoms with Crippen LogP contribution in [0, 0.1) is 5.92 Å². The van der Waals surface area contributed by atoms with Gasteiger partial charge in [0.25, 0.3) is 0 Å². The Labute approximate surface area is 93.5 Å². The van der Waals surface area contributed by atoms with Crippen LogP contribution < -0.4 is 0 Å². The Morgan fingerprint density at radius 2 is 2.31 bits per heavy atom. The van der Waals surface area contributed by atoms with Crippen molar-refractivity contribution in [2.45, 2.75) is 32.6 Å². The number of hydrogen-bond donors (Lipinski definition) is 0. The minimum atomic E-state index is 0.866. The van der Waals surface area contributed by atoms with Crippen LogP contribution in [0.1, 0.15) is 31.7 Å². The van der Waals surface area contributed by atoms with Gasteiger partial charge in [-0.2, -0.15) is 11.3 Å². The smallest absolute Gasteiger partial charge is 0.00597 e. The lowest BCUT2D eigenvalue weighted by atomic mass is 9.98. The van der Waals surface area contributed by atoms with Crippen LogP contribution in [0.4, 0.5) is 0 Å². The topological polar surface area (TPSA) is 0 Å². The molecule has 0 aromatic carbocycles. The van der Waals surface area contributed by atoms with E-state index in [0.29, 0.717) is 0 Å². The summed E-state index contributed by atoms with van der Waals surface area (Å²) >= 11 is 5.38. The standard InChI is InChI=1S/C11H17BrS/c1-2-3-10(8-12)4-5-11-6-7-13-9-11/h6-7,9-10H,2-5,8H2,1H3. The van der Waals surface area contributed by atoms with Crippen LogP contribution in [0.3, 0.4) is 0 Å². The molecule has 1 heterocycles. The molecule has 0 bridgehead atoms. The van der Waals surface area contributed by atoms with Crippen molar-refractivity contribution < 1.29 is 0 Å². The molecule has 1 aromatic rings. The minimum absolute atomic E-state index is 0.866. The van der Waals surface area contributed by atoms with Gasteiger partial charge < -0.3 is 0 Å². The predicted octanol–water partition coefficient (Wildman–Crippen LogP) is 4.49. The predicted molar refractivity (Wildman–Crippen MR) is 64.8 cm³/mol. The Morgan fingerprint density at radius 1 is 1.46 bits per heavy atom. The molecule has 0 spiro atoms. The normalized spacial score (nSPS) is 13.1. The van der Waals surface area contributed by atoms with Crippen molar-refractivity contribution in [3.63, 3.8) is 0 Å². The summed E-state index contributed by atoms with van der Waals surface area (Å²) in [6, 6.07) is 2.24. The van der Waals surface area contributed by atoms with Crippen molar-refractivity contribution in [2.24, 2.45) is 5.92 Å². The first kappa shape index (κ1) is 11.3. The largest absolute Gasteiger partial charge is 0.152 e. The molecular formula is C11H17BrS. The first-order valence-corrected chi connectivity index (χ1v) is 7.00. The fourth-order valence-corrected chi connectivity index (χ4v) is 2.86. The van der Waals surface area contributed by atoms with Gasteiger partial charge in [0.2, 0.25) is 0 Å². The van der Waals surface area contributed by atoms with Gasteiger partial charge in [0.05, 0.1) is 0 Å². The Bertz CT molecular complexity index is 206. The third-order valence-electron chi connectivity index (χ3n) is 2.34. The van der Waals surface area contributed by atoms with E-state index in [0.717, 1.165) is 11.2 Å². The van der Waals surface area contributed by atoms with Gasteiger partial charge >= 0.3 is 0 Å². The van der Waals surface area contributed by atoms with Crippen molar-refractivity contribution in [2.75, 3.05) is 5.33 Å². The van der Waals surface area contributed by atoms with E-state index < -0.39 is 0 Å². The highest BCUT2D eigenvalue weighted by Crippen LogP contribution is 2.18. The summed E-state index contributed by atoms with van der Waals surface area (Å²) in [4.78, 5) is 0. The van der Waals surface area contributed by atoms with Crippen LogP contribution in [0.5, 0.6) is 0 Å². The maximum Gasteiger partial charge on any atom is 0.00597 e. The highest BCUT2D eigenvalue weighted by Gasteiger charge is 2.05. The monoisotopic (exact) mass is 260 g/mol. The van der Waals surface area contributed by atoms with E-state index in [2.05, 4.69) is 39.7 Å². The Morgan fingerprint density at radius 3 is 2.85 bits per heavy atom. The maximum absolute atomic E-state index is 3.58. The molecule has 0 N–H and O–H groups in total. The second kappa shape index (κ2) is 6.61. The highest BCUT2D eigenvalue weighted by atomic mass is 79.9. The quantitative estimate of drug-likeness (QED) is 0.662. The summed E-state index contributed by atoms with van der Waals surface area (Å²) < 4.78 is 0. The Hall–Kier alpha value is 0.180. The van der Waals surface area contributed by atoms with Crippen LogP contribution in [0.15, 0.2) is 16.8 Å². The summed E-state index contributed by atoms with van der Waals surface area (Å²) in [7, 11) is 0. The number of aryl methyl sites for hydroxylation is 1. The lowest BCUT2D eigenvalue weighted by Crippen LogP contribution is -2.02. The Kier molecular flexibility index (Phi) is 5.72. The van der Waals surface area contributed by atoms with Crippen molar-refractivity contribution in [3.8, 4) is 0 Å². The summed E-state index contributed by atoms with van der Waals surface area (Å²) in [6.07, 6.45) is 5.24. The zero-order valence-electron chi connectivity index (χ0n) is 8.13.